The Bertz CT molecular complexity index is 283. The molecule has 1 rings (SSSR count). The van der Waals surface area contributed by atoms with Crippen LogP contribution in [0.1, 0.15) is 53.4 Å². The molecule has 0 saturated carbocycles. The van der Waals surface area contributed by atoms with Crippen LogP contribution in [0, 0.1) is 0 Å². The highest BCUT2D eigenvalue weighted by Crippen LogP contribution is 2.17. The molecule has 0 aromatic heterocycles. The molecule has 0 aliphatic carbocycles. The van der Waals surface area contributed by atoms with Crippen molar-refractivity contribution < 1.29 is 4.79 Å². The number of nitrogens with one attached hydrogen (secondary N) is 1. The molecule has 4 heteroatoms. The number of rotatable bonds is 8. The lowest BCUT2D eigenvalue weighted by atomic mass is 10.2. The average Bonchev–Trinajstić information content (AvgIpc) is 2.71. The predicted octanol–water partition coefficient (Wildman–Crippen LogP) is 2.05. The van der Waals surface area contributed by atoms with E-state index < -0.39 is 0 Å². The quantitative estimate of drug-likeness (QED) is 0.732. The average molecular weight is 269 g/mol. The maximum Gasteiger partial charge on any atom is 0.241 e. The maximum absolute atomic E-state index is 12.3. The minimum Gasteiger partial charge on any atom is -0.325 e. The first kappa shape index (κ1) is 16.4. The molecule has 1 N–H and O–H groups in total. The van der Waals surface area contributed by atoms with E-state index in [2.05, 4.69) is 49.9 Å². The van der Waals surface area contributed by atoms with E-state index in [9.17, 15) is 4.79 Å². The predicted molar refractivity (Wildman–Crippen MR) is 80.0 cm³/mol. The molecule has 0 bridgehead atoms. The summed E-state index contributed by atoms with van der Waals surface area (Å²) in [4.78, 5) is 16.7. The molecule has 112 valence electrons. The van der Waals surface area contributed by atoms with Crippen molar-refractivity contribution in [1.82, 2.24) is 15.1 Å². The van der Waals surface area contributed by atoms with Gasteiger partial charge in [0, 0.05) is 19.1 Å². The number of hydrogen-bond acceptors (Lipinski definition) is 3. The minimum atomic E-state index is 0.0328. The van der Waals surface area contributed by atoms with Crippen LogP contribution in [-0.4, -0.2) is 54.1 Å². The summed E-state index contributed by atoms with van der Waals surface area (Å²) < 4.78 is 0. The van der Waals surface area contributed by atoms with E-state index in [4.69, 9.17) is 0 Å². The summed E-state index contributed by atoms with van der Waals surface area (Å²) in [5, 5.41) is 3.47. The van der Waals surface area contributed by atoms with Gasteiger partial charge >= 0.3 is 0 Å². The van der Waals surface area contributed by atoms with Gasteiger partial charge in [0.25, 0.3) is 0 Å². The molecule has 0 aromatic rings. The van der Waals surface area contributed by atoms with Gasteiger partial charge in [-0.1, -0.05) is 27.2 Å². The third kappa shape index (κ3) is 4.18. The Morgan fingerprint density at radius 1 is 1.37 bits per heavy atom. The molecule has 0 aromatic carbocycles. The highest BCUT2D eigenvalue weighted by molar-refractivity contribution is 5.84. The van der Waals surface area contributed by atoms with Crippen LogP contribution in [0.2, 0.25) is 0 Å². The van der Waals surface area contributed by atoms with Crippen molar-refractivity contribution in [3.8, 4) is 0 Å². The lowest BCUT2D eigenvalue weighted by Gasteiger charge is -2.29. The van der Waals surface area contributed by atoms with E-state index >= 15 is 0 Å². The number of carbonyl (C=O) groups is 1. The zero-order chi connectivity index (χ0) is 14.4. The molecule has 0 radical (unpaired) electrons. The van der Waals surface area contributed by atoms with Crippen molar-refractivity contribution >= 4 is 5.91 Å². The summed E-state index contributed by atoms with van der Waals surface area (Å²) >= 11 is 0. The molecule has 1 aliphatic rings. The summed E-state index contributed by atoms with van der Waals surface area (Å²) in [6.45, 7) is 10.5. The monoisotopic (exact) mass is 269 g/mol. The molecule has 1 saturated heterocycles. The summed E-state index contributed by atoms with van der Waals surface area (Å²) in [6.07, 6.45) is 4.44. The highest BCUT2D eigenvalue weighted by atomic mass is 16.2. The summed E-state index contributed by atoms with van der Waals surface area (Å²) in [6, 6.07) is 0.614. The molecule has 1 fully saturated rings. The molecule has 1 amide bonds. The normalized spacial score (nSPS) is 25.4. The van der Waals surface area contributed by atoms with E-state index in [1.807, 2.05) is 0 Å². The minimum absolute atomic E-state index is 0.0328. The number of likely N-dealkylation sites (N-methyl/N-ethyl adjacent to an activating group) is 1. The standard InChI is InChI=1S/C15H31N3O/c1-6-9-14-16-13(8-3)15(19)18(14)11-10-17(5)12(4)7-2/h12-14,16H,6-11H2,1-5H3. The first-order valence-electron chi connectivity index (χ1n) is 7.81. The second-order valence-corrected chi connectivity index (χ2v) is 5.70. The van der Waals surface area contributed by atoms with E-state index in [1.165, 1.54) is 0 Å². The largest absolute Gasteiger partial charge is 0.325 e. The Balaban J connectivity index is 2.55. The summed E-state index contributed by atoms with van der Waals surface area (Å²) in [7, 11) is 2.15. The van der Waals surface area contributed by atoms with Crippen LogP contribution < -0.4 is 5.32 Å². The Hall–Kier alpha value is -0.610. The summed E-state index contributed by atoms with van der Waals surface area (Å²) in [5.74, 6) is 0.290. The number of hydrogen-bond donors (Lipinski definition) is 1. The van der Waals surface area contributed by atoms with Gasteiger partial charge in [-0.2, -0.15) is 0 Å². The van der Waals surface area contributed by atoms with E-state index in [0.717, 1.165) is 38.8 Å². The molecular formula is C15H31N3O. The molecule has 3 unspecified atom stereocenters. The van der Waals surface area contributed by atoms with Crippen molar-refractivity contribution in [2.75, 3.05) is 20.1 Å². The second-order valence-electron chi connectivity index (χ2n) is 5.70. The zero-order valence-corrected chi connectivity index (χ0v) is 13.3. The fourth-order valence-electron chi connectivity index (χ4n) is 2.62. The van der Waals surface area contributed by atoms with Crippen LogP contribution in [0.3, 0.4) is 0 Å². The first-order valence-corrected chi connectivity index (χ1v) is 7.81. The molecule has 4 nitrogen and oxygen atoms in total. The fraction of sp³-hybridized carbons (Fsp3) is 0.933. The van der Waals surface area contributed by atoms with E-state index in [1.54, 1.807) is 0 Å². The molecule has 19 heavy (non-hydrogen) atoms. The van der Waals surface area contributed by atoms with E-state index in [0.29, 0.717) is 11.9 Å². The molecular weight excluding hydrogens is 238 g/mol. The molecule has 0 spiro atoms. The Morgan fingerprint density at radius 3 is 2.58 bits per heavy atom. The summed E-state index contributed by atoms with van der Waals surface area (Å²) in [5.41, 5.74) is 0. The van der Waals surface area contributed by atoms with Crippen molar-refractivity contribution in [3.63, 3.8) is 0 Å². The van der Waals surface area contributed by atoms with Crippen LogP contribution in [0.4, 0.5) is 0 Å². The third-order valence-electron chi connectivity index (χ3n) is 4.36. The lowest BCUT2D eigenvalue weighted by molar-refractivity contribution is -0.130. The Morgan fingerprint density at radius 2 is 2.05 bits per heavy atom. The Labute approximate surface area is 118 Å². The maximum atomic E-state index is 12.3. The van der Waals surface area contributed by atoms with Gasteiger partial charge in [-0.25, -0.2) is 0 Å². The second kappa shape index (κ2) is 7.85. The van der Waals surface area contributed by atoms with Gasteiger partial charge in [-0.3, -0.25) is 10.1 Å². The smallest absolute Gasteiger partial charge is 0.241 e. The van der Waals surface area contributed by atoms with Gasteiger partial charge in [-0.05, 0) is 33.2 Å². The van der Waals surface area contributed by atoms with Crippen LogP contribution in [-0.2, 0) is 4.79 Å². The first-order chi connectivity index (χ1) is 9.04. The highest BCUT2D eigenvalue weighted by Gasteiger charge is 2.36. The fourth-order valence-corrected chi connectivity index (χ4v) is 2.62. The number of nitrogens with zero attached hydrogens (tertiary/aromatic N) is 2. The van der Waals surface area contributed by atoms with Crippen molar-refractivity contribution in [2.45, 2.75) is 71.6 Å². The van der Waals surface area contributed by atoms with E-state index in [-0.39, 0.29) is 12.2 Å². The van der Waals surface area contributed by atoms with Gasteiger partial charge in [0.15, 0.2) is 0 Å². The van der Waals surface area contributed by atoms with Gasteiger partial charge in [-0.15, -0.1) is 0 Å². The zero-order valence-electron chi connectivity index (χ0n) is 13.3. The van der Waals surface area contributed by atoms with Crippen molar-refractivity contribution in [3.05, 3.63) is 0 Å². The van der Waals surface area contributed by atoms with Gasteiger partial charge in [0.2, 0.25) is 5.91 Å². The molecule has 3 atom stereocenters. The third-order valence-corrected chi connectivity index (χ3v) is 4.36. The molecule has 1 aliphatic heterocycles. The van der Waals surface area contributed by atoms with Crippen LogP contribution in [0.5, 0.6) is 0 Å². The van der Waals surface area contributed by atoms with Gasteiger partial charge < -0.3 is 9.80 Å². The lowest BCUT2D eigenvalue weighted by Crippen LogP contribution is -2.43. The van der Waals surface area contributed by atoms with Crippen LogP contribution in [0.25, 0.3) is 0 Å². The topological polar surface area (TPSA) is 35.6 Å². The van der Waals surface area contributed by atoms with Gasteiger partial charge in [0.05, 0.1) is 12.2 Å². The van der Waals surface area contributed by atoms with Crippen LogP contribution >= 0.6 is 0 Å². The van der Waals surface area contributed by atoms with Crippen molar-refractivity contribution in [1.29, 1.82) is 0 Å². The Kier molecular flexibility index (Phi) is 6.80. The van der Waals surface area contributed by atoms with Crippen LogP contribution in [0.15, 0.2) is 0 Å². The van der Waals surface area contributed by atoms with Crippen molar-refractivity contribution in [2.24, 2.45) is 0 Å². The SMILES string of the molecule is CCCC1NC(CC)C(=O)N1CCN(C)C(C)CC. The molecule has 1 heterocycles. The number of amides is 1. The van der Waals surface area contributed by atoms with Gasteiger partial charge in [0.1, 0.15) is 0 Å². The number of carbonyl (C=O) groups excluding carboxylic acids is 1.